The molecule has 1 amide bonds. The summed E-state index contributed by atoms with van der Waals surface area (Å²) in [5, 5.41) is 0. The van der Waals surface area contributed by atoms with Gasteiger partial charge in [0.1, 0.15) is 0 Å². The van der Waals surface area contributed by atoms with E-state index in [1.165, 1.54) is 0 Å². The highest BCUT2D eigenvalue weighted by molar-refractivity contribution is 7.98. The number of benzene rings is 1. The Labute approximate surface area is 153 Å². The van der Waals surface area contributed by atoms with Gasteiger partial charge in [0.25, 0.3) is 5.91 Å². The zero-order valence-electron chi connectivity index (χ0n) is 14.8. The molecule has 1 atom stereocenters. The zero-order valence-corrected chi connectivity index (χ0v) is 15.6. The van der Waals surface area contributed by atoms with Crippen LogP contribution in [0.3, 0.4) is 0 Å². The molecule has 0 radical (unpaired) electrons. The van der Waals surface area contributed by atoms with Gasteiger partial charge in [-0.2, -0.15) is 0 Å². The molecule has 4 nitrogen and oxygen atoms in total. The molecular weight excluding hydrogens is 332 g/mol. The van der Waals surface area contributed by atoms with E-state index in [0.29, 0.717) is 18.4 Å². The van der Waals surface area contributed by atoms with E-state index in [1.807, 2.05) is 60.5 Å². The third-order valence-electron chi connectivity index (χ3n) is 4.45. The Morgan fingerprint density at radius 2 is 2.16 bits per heavy atom. The fourth-order valence-corrected chi connectivity index (χ4v) is 3.59. The van der Waals surface area contributed by atoms with E-state index in [0.717, 1.165) is 42.1 Å². The molecule has 1 saturated heterocycles. The topological polar surface area (TPSA) is 42.4 Å². The predicted octanol–water partition coefficient (Wildman–Crippen LogP) is 4.04. The molecule has 0 saturated carbocycles. The number of carbonyl (C=O) groups excluding carboxylic acids is 1. The molecule has 132 valence electrons. The predicted molar refractivity (Wildman–Crippen MR) is 101 cm³/mol. The van der Waals surface area contributed by atoms with Crippen LogP contribution in [0.15, 0.2) is 47.4 Å². The van der Waals surface area contributed by atoms with Crippen LogP contribution in [0.4, 0.5) is 0 Å². The van der Waals surface area contributed by atoms with Crippen LogP contribution in [-0.2, 0) is 0 Å². The van der Waals surface area contributed by atoms with Crippen LogP contribution in [0.1, 0.15) is 28.9 Å². The fraction of sp³-hybridized carbons (Fsp3) is 0.400. The second kappa shape index (κ2) is 8.39. The van der Waals surface area contributed by atoms with E-state index in [2.05, 4.69) is 4.98 Å². The van der Waals surface area contributed by atoms with Gasteiger partial charge in [0.05, 0.1) is 6.61 Å². The van der Waals surface area contributed by atoms with Crippen molar-refractivity contribution >= 4 is 17.7 Å². The molecule has 0 spiro atoms. The van der Waals surface area contributed by atoms with Crippen molar-refractivity contribution in [1.29, 1.82) is 0 Å². The number of carbonyl (C=O) groups is 1. The fourth-order valence-electron chi connectivity index (χ4n) is 3.13. The van der Waals surface area contributed by atoms with Crippen molar-refractivity contribution < 1.29 is 9.53 Å². The number of pyridine rings is 1. The van der Waals surface area contributed by atoms with Crippen LogP contribution >= 0.6 is 11.8 Å². The highest BCUT2D eigenvalue weighted by Gasteiger charge is 2.25. The Morgan fingerprint density at radius 3 is 2.96 bits per heavy atom. The van der Waals surface area contributed by atoms with Gasteiger partial charge in [0, 0.05) is 41.2 Å². The summed E-state index contributed by atoms with van der Waals surface area (Å²) < 4.78 is 5.84. The van der Waals surface area contributed by atoms with E-state index in [9.17, 15) is 4.79 Å². The van der Waals surface area contributed by atoms with Crippen LogP contribution in [0, 0.1) is 12.8 Å². The summed E-state index contributed by atoms with van der Waals surface area (Å²) in [5.41, 5.74) is 1.72. The van der Waals surface area contributed by atoms with Crippen molar-refractivity contribution in [3.05, 3.63) is 53.7 Å². The third kappa shape index (κ3) is 4.75. The average Bonchev–Trinajstić information content (AvgIpc) is 2.66. The smallest absolute Gasteiger partial charge is 0.253 e. The SMILES string of the molecule is CSc1cccc(C(=O)N2CCCC(COc3cccc(C)n3)C2)c1. The number of hydrogen-bond acceptors (Lipinski definition) is 4. The normalized spacial score (nSPS) is 17.4. The molecule has 0 N–H and O–H groups in total. The molecule has 1 aliphatic rings. The van der Waals surface area contributed by atoms with E-state index >= 15 is 0 Å². The molecule has 0 bridgehead atoms. The van der Waals surface area contributed by atoms with Crippen molar-refractivity contribution in [3.8, 4) is 5.88 Å². The van der Waals surface area contributed by atoms with Gasteiger partial charge in [-0.15, -0.1) is 11.8 Å². The number of aryl methyl sites for hydroxylation is 1. The number of rotatable bonds is 5. The first-order valence-corrected chi connectivity index (χ1v) is 9.88. The molecule has 5 heteroatoms. The van der Waals surface area contributed by atoms with E-state index in [-0.39, 0.29) is 5.91 Å². The third-order valence-corrected chi connectivity index (χ3v) is 5.18. The maximum absolute atomic E-state index is 12.8. The summed E-state index contributed by atoms with van der Waals surface area (Å²) in [7, 11) is 0. The first-order chi connectivity index (χ1) is 12.2. The Balaban J connectivity index is 1.59. The molecule has 1 aliphatic heterocycles. The summed E-state index contributed by atoms with van der Waals surface area (Å²) >= 11 is 1.66. The van der Waals surface area contributed by atoms with Crippen LogP contribution in [0.5, 0.6) is 5.88 Å². The first kappa shape index (κ1) is 17.8. The molecule has 1 aromatic carbocycles. The van der Waals surface area contributed by atoms with Crippen LogP contribution in [0.25, 0.3) is 0 Å². The van der Waals surface area contributed by atoms with Gasteiger partial charge in [0.2, 0.25) is 5.88 Å². The lowest BCUT2D eigenvalue weighted by molar-refractivity contribution is 0.0631. The highest BCUT2D eigenvalue weighted by Crippen LogP contribution is 2.22. The van der Waals surface area contributed by atoms with Gasteiger partial charge in [-0.05, 0) is 50.3 Å². The highest BCUT2D eigenvalue weighted by atomic mass is 32.2. The van der Waals surface area contributed by atoms with Gasteiger partial charge < -0.3 is 9.64 Å². The monoisotopic (exact) mass is 356 g/mol. The molecule has 1 aromatic heterocycles. The number of thioether (sulfide) groups is 1. The summed E-state index contributed by atoms with van der Waals surface area (Å²) in [4.78, 5) is 20.2. The van der Waals surface area contributed by atoms with Gasteiger partial charge in [-0.25, -0.2) is 4.98 Å². The molecule has 1 unspecified atom stereocenters. The molecule has 1 fully saturated rings. The number of piperidine rings is 1. The number of amides is 1. The van der Waals surface area contributed by atoms with Crippen molar-refractivity contribution in [1.82, 2.24) is 9.88 Å². The van der Waals surface area contributed by atoms with E-state index in [4.69, 9.17) is 4.74 Å². The summed E-state index contributed by atoms with van der Waals surface area (Å²) in [6.07, 6.45) is 4.13. The van der Waals surface area contributed by atoms with Crippen molar-refractivity contribution in [2.45, 2.75) is 24.7 Å². The summed E-state index contributed by atoms with van der Waals surface area (Å²) in [6.45, 7) is 4.12. The average molecular weight is 356 g/mol. The van der Waals surface area contributed by atoms with Gasteiger partial charge in [-0.1, -0.05) is 12.1 Å². The maximum atomic E-state index is 12.8. The van der Waals surface area contributed by atoms with Crippen LogP contribution in [0.2, 0.25) is 0 Å². The Hall–Kier alpha value is -2.01. The minimum Gasteiger partial charge on any atom is -0.477 e. The van der Waals surface area contributed by atoms with Crippen LogP contribution < -0.4 is 4.74 Å². The van der Waals surface area contributed by atoms with E-state index < -0.39 is 0 Å². The first-order valence-electron chi connectivity index (χ1n) is 8.65. The quantitative estimate of drug-likeness (QED) is 0.758. The summed E-state index contributed by atoms with van der Waals surface area (Å²) in [6, 6.07) is 13.6. The van der Waals surface area contributed by atoms with Crippen molar-refractivity contribution in [2.75, 3.05) is 26.0 Å². The zero-order chi connectivity index (χ0) is 17.6. The Morgan fingerprint density at radius 1 is 1.32 bits per heavy atom. The summed E-state index contributed by atoms with van der Waals surface area (Å²) in [5.74, 6) is 1.13. The molecule has 0 aliphatic carbocycles. The van der Waals surface area contributed by atoms with Crippen molar-refractivity contribution in [2.24, 2.45) is 5.92 Å². The number of hydrogen-bond donors (Lipinski definition) is 0. The lowest BCUT2D eigenvalue weighted by atomic mass is 9.98. The van der Waals surface area contributed by atoms with Gasteiger partial charge >= 0.3 is 0 Å². The lowest BCUT2D eigenvalue weighted by Gasteiger charge is -2.32. The largest absolute Gasteiger partial charge is 0.477 e. The van der Waals surface area contributed by atoms with Gasteiger partial charge in [0.15, 0.2) is 0 Å². The molecular formula is C20H24N2O2S. The maximum Gasteiger partial charge on any atom is 0.253 e. The number of likely N-dealkylation sites (tertiary alicyclic amines) is 1. The molecule has 25 heavy (non-hydrogen) atoms. The van der Waals surface area contributed by atoms with Crippen LogP contribution in [-0.4, -0.2) is 41.7 Å². The molecule has 2 heterocycles. The Bertz CT molecular complexity index is 735. The second-order valence-electron chi connectivity index (χ2n) is 6.42. The molecule has 3 rings (SSSR count). The minimum atomic E-state index is 0.120. The van der Waals surface area contributed by atoms with E-state index in [1.54, 1.807) is 11.8 Å². The molecule has 2 aromatic rings. The van der Waals surface area contributed by atoms with Crippen molar-refractivity contribution in [3.63, 3.8) is 0 Å². The lowest BCUT2D eigenvalue weighted by Crippen LogP contribution is -2.41. The number of nitrogens with zero attached hydrogens (tertiary/aromatic N) is 2. The number of aromatic nitrogens is 1. The second-order valence-corrected chi connectivity index (χ2v) is 7.30. The number of ether oxygens (including phenoxy) is 1. The van der Waals surface area contributed by atoms with Gasteiger partial charge in [-0.3, -0.25) is 4.79 Å². The standard InChI is InChI=1S/C20H24N2O2S/c1-15-6-3-10-19(21-15)24-14-16-7-5-11-22(13-16)20(23)17-8-4-9-18(12-17)25-2/h3-4,6,8-10,12,16H,5,7,11,13-14H2,1-2H3. The minimum absolute atomic E-state index is 0.120. The Kier molecular flexibility index (Phi) is 5.97.